The summed E-state index contributed by atoms with van der Waals surface area (Å²) < 4.78 is 39.1. The molecule has 3 rings (SSSR count). The van der Waals surface area contributed by atoms with E-state index in [9.17, 15) is 18.0 Å². The fourth-order valence-electron chi connectivity index (χ4n) is 2.39. The normalized spacial score (nSPS) is 11.1. The number of aromatic nitrogens is 2. The SMILES string of the molecule is O=C(Nc1ccccc1C(F)(F)F)c1cc(NCc2ccccn2)ccn1. The van der Waals surface area contributed by atoms with Gasteiger partial charge in [0.15, 0.2) is 0 Å². The number of hydrogen-bond donors (Lipinski definition) is 2. The van der Waals surface area contributed by atoms with Crippen LogP contribution >= 0.6 is 0 Å². The smallest absolute Gasteiger partial charge is 0.379 e. The van der Waals surface area contributed by atoms with E-state index in [-0.39, 0.29) is 11.4 Å². The lowest BCUT2D eigenvalue weighted by atomic mass is 10.1. The highest BCUT2D eigenvalue weighted by molar-refractivity contribution is 6.03. The van der Waals surface area contributed by atoms with Crippen LogP contribution in [0.1, 0.15) is 21.7 Å². The number of amides is 1. The highest BCUT2D eigenvalue weighted by Gasteiger charge is 2.33. The van der Waals surface area contributed by atoms with Crippen molar-refractivity contribution in [3.8, 4) is 0 Å². The Kier molecular flexibility index (Phi) is 5.35. The molecule has 0 unspecified atom stereocenters. The van der Waals surface area contributed by atoms with Gasteiger partial charge in [-0.1, -0.05) is 18.2 Å². The molecule has 0 aliphatic carbocycles. The van der Waals surface area contributed by atoms with Crippen molar-refractivity contribution >= 4 is 17.3 Å². The van der Waals surface area contributed by atoms with Crippen LogP contribution in [-0.2, 0) is 12.7 Å². The number of carbonyl (C=O) groups excluding carboxylic acids is 1. The summed E-state index contributed by atoms with van der Waals surface area (Å²) in [5.74, 6) is -0.729. The molecule has 0 radical (unpaired) electrons. The lowest BCUT2D eigenvalue weighted by Crippen LogP contribution is -2.17. The van der Waals surface area contributed by atoms with E-state index in [4.69, 9.17) is 0 Å². The van der Waals surface area contributed by atoms with Gasteiger partial charge in [-0.15, -0.1) is 0 Å². The Morgan fingerprint density at radius 2 is 1.74 bits per heavy atom. The summed E-state index contributed by atoms with van der Waals surface area (Å²) in [4.78, 5) is 20.4. The van der Waals surface area contributed by atoms with Crippen molar-refractivity contribution in [1.82, 2.24) is 9.97 Å². The van der Waals surface area contributed by atoms with Crippen molar-refractivity contribution in [2.45, 2.75) is 12.7 Å². The van der Waals surface area contributed by atoms with Gasteiger partial charge in [0.2, 0.25) is 0 Å². The van der Waals surface area contributed by atoms with Crippen LogP contribution in [0.2, 0.25) is 0 Å². The van der Waals surface area contributed by atoms with Gasteiger partial charge in [0.05, 0.1) is 23.5 Å². The molecular weight excluding hydrogens is 357 g/mol. The molecule has 27 heavy (non-hydrogen) atoms. The maximum atomic E-state index is 13.0. The molecular formula is C19H15F3N4O. The minimum Gasteiger partial charge on any atom is -0.379 e. The fraction of sp³-hybridized carbons (Fsp3) is 0.105. The van der Waals surface area contributed by atoms with E-state index in [1.54, 1.807) is 18.3 Å². The average Bonchev–Trinajstić information content (AvgIpc) is 2.67. The van der Waals surface area contributed by atoms with Crippen molar-refractivity contribution in [1.29, 1.82) is 0 Å². The Morgan fingerprint density at radius 3 is 2.48 bits per heavy atom. The lowest BCUT2D eigenvalue weighted by molar-refractivity contribution is -0.136. The van der Waals surface area contributed by atoms with Gasteiger partial charge in [0, 0.05) is 18.1 Å². The summed E-state index contributed by atoms with van der Waals surface area (Å²) in [6.07, 6.45) is -1.49. The number of nitrogens with one attached hydrogen (secondary N) is 2. The third-order valence-corrected chi connectivity index (χ3v) is 3.67. The number of hydrogen-bond acceptors (Lipinski definition) is 4. The summed E-state index contributed by atoms with van der Waals surface area (Å²) in [6.45, 7) is 0.433. The summed E-state index contributed by atoms with van der Waals surface area (Å²) in [5.41, 5.74) is 0.175. The van der Waals surface area contributed by atoms with E-state index in [1.807, 2.05) is 12.1 Å². The Hall–Kier alpha value is -3.42. The zero-order chi connectivity index (χ0) is 19.3. The first-order valence-electron chi connectivity index (χ1n) is 8.01. The van der Waals surface area contributed by atoms with Crippen molar-refractivity contribution in [3.63, 3.8) is 0 Å². The molecule has 2 heterocycles. The zero-order valence-corrected chi connectivity index (χ0v) is 14.0. The molecule has 0 spiro atoms. The highest BCUT2D eigenvalue weighted by Crippen LogP contribution is 2.34. The summed E-state index contributed by atoms with van der Waals surface area (Å²) in [6, 6.07) is 13.4. The molecule has 2 N–H and O–H groups in total. The molecule has 0 saturated carbocycles. The van der Waals surface area contributed by atoms with E-state index in [0.717, 1.165) is 11.8 Å². The average molecular weight is 372 g/mol. The second kappa shape index (κ2) is 7.86. The van der Waals surface area contributed by atoms with Crippen molar-refractivity contribution in [2.24, 2.45) is 0 Å². The van der Waals surface area contributed by atoms with Crippen LogP contribution < -0.4 is 10.6 Å². The molecule has 8 heteroatoms. The Morgan fingerprint density at radius 1 is 0.963 bits per heavy atom. The minimum atomic E-state index is -4.57. The van der Waals surface area contributed by atoms with Crippen molar-refractivity contribution in [3.05, 3.63) is 83.9 Å². The molecule has 138 valence electrons. The first-order valence-corrected chi connectivity index (χ1v) is 8.01. The van der Waals surface area contributed by atoms with Gasteiger partial charge in [-0.3, -0.25) is 14.8 Å². The Balaban J connectivity index is 1.73. The molecule has 1 aromatic carbocycles. The molecule has 0 aliphatic heterocycles. The van der Waals surface area contributed by atoms with Crippen LogP contribution in [0.5, 0.6) is 0 Å². The predicted molar refractivity (Wildman–Crippen MR) is 95.2 cm³/mol. The number of para-hydroxylation sites is 1. The molecule has 0 aliphatic rings. The van der Waals surface area contributed by atoms with Crippen LogP contribution in [0.4, 0.5) is 24.5 Å². The van der Waals surface area contributed by atoms with Crippen LogP contribution in [0.25, 0.3) is 0 Å². The number of pyridine rings is 2. The van der Waals surface area contributed by atoms with Gasteiger partial charge in [-0.05, 0) is 36.4 Å². The van der Waals surface area contributed by atoms with Crippen LogP contribution in [0, 0.1) is 0 Å². The second-order valence-electron chi connectivity index (χ2n) is 5.60. The standard InChI is InChI=1S/C19H15F3N4O/c20-19(21,22)15-6-1-2-7-16(15)26-18(27)17-11-13(8-10-24-17)25-12-14-5-3-4-9-23-14/h1-11H,12H2,(H,24,25)(H,26,27). The van der Waals surface area contributed by atoms with Gasteiger partial charge in [0.25, 0.3) is 5.91 Å². The molecule has 0 atom stereocenters. The van der Waals surface area contributed by atoms with Crippen molar-refractivity contribution < 1.29 is 18.0 Å². The first kappa shape index (κ1) is 18.4. The minimum absolute atomic E-state index is 0.00185. The van der Waals surface area contributed by atoms with Crippen LogP contribution in [-0.4, -0.2) is 15.9 Å². The van der Waals surface area contributed by atoms with E-state index in [0.29, 0.717) is 12.2 Å². The third kappa shape index (κ3) is 4.81. The molecule has 0 bridgehead atoms. The largest absolute Gasteiger partial charge is 0.418 e. The molecule has 0 saturated heterocycles. The summed E-state index contributed by atoms with van der Waals surface area (Å²) in [7, 11) is 0. The second-order valence-corrected chi connectivity index (χ2v) is 5.60. The van der Waals surface area contributed by atoms with E-state index in [2.05, 4.69) is 20.6 Å². The van der Waals surface area contributed by atoms with Crippen molar-refractivity contribution in [2.75, 3.05) is 10.6 Å². The Labute approximate surface area is 153 Å². The van der Waals surface area contributed by atoms with E-state index < -0.39 is 17.6 Å². The molecule has 1 amide bonds. The predicted octanol–water partition coefficient (Wildman–Crippen LogP) is 4.36. The zero-order valence-electron chi connectivity index (χ0n) is 14.0. The Bertz CT molecular complexity index is 929. The number of carbonyl (C=O) groups is 1. The van der Waals surface area contributed by atoms with E-state index >= 15 is 0 Å². The fourth-order valence-corrected chi connectivity index (χ4v) is 2.39. The number of alkyl halides is 3. The van der Waals surface area contributed by atoms with Gasteiger partial charge < -0.3 is 10.6 Å². The molecule has 0 fully saturated rings. The van der Waals surface area contributed by atoms with E-state index in [1.165, 1.54) is 30.5 Å². The van der Waals surface area contributed by atoms with Gasteiger partial charge >= 0.3 is 6.18 Å². The summed E-state index contributed by atoms with van der Waals surface area (Å²) in [5, 5.41) is 5.37. The highest BCUT2D eigenvalue weighted by atomic mass is 19.4. The molecule has 2 aromatic heterocycles. The maximum Gasteiger partial charge on any atom is 0.418 e. The van der Waals surface area contributed by atoms with Crippen LogP contribution in [0.3, 0.4) is 0 Å². The van der Waals surface area contributed by atoms with Gasteiger partial charge in [0.1, 0.15) is 5.69 Å². The quantitative estimate of drug-likeness (QED) is 0.698. The van der Waals surface area contributed by atoms with Gasteiger partial charge in [-0.25, -0.2) is 0 Å². The number of benzene rings is 1. The molecule has 5 nitrogen and oxygen atoms in total. The van der Waals surface area contributed by atoms with Crippen LogP contribution in [0.15, 0.2) is 67.0 Å². The number of halogens is 3. The molecule has 3 aromatic rings. The lowest BCUT2D eigenvalue weighted by Gasteiger charge is -2.13. The maximum absolute atomic E-state index is 13.0. The summed E-state index contributed by atoms with van der Waals surface area (Å²) >= 11 is 0. The number of nitrogens with zero attached hydrogens (tertiary/aromatic N) is 2. The number of anilines is 2. The third-order valence-electron chi connectivity index (χ3n) is 3.67. The first-order chi connectivity index (χ1) is 12.9. The monoisotopic (exact) mass is 372 g/mol. The van der Waals surface area contributed by atoms with Gasteiger partial charge in [-0.2, -0.15) is 13.2 Å². The topological polar surface area (TPSA) is 66.9 Å². The number of rotatable bonds is 5.